The van der Waals surface area contributed by atoms with Gasteiger partial charge in [0.2, 0.25) is 5.89 Å². The third-order valence-electron chi connectivity index (χ3n) is 5.52. The smallest absolute Gasteiger partial charge is 0.223 e. The van der Waals surface area contributed by atoms with E-state index in [1.165, 1.54) is 58.2 Å². The van der Waals surface area contributed by atoms with Gasteiger partial charge < -0.3 is 9.42 Å². The van der Waals surface area contributed by atoms with Crippen LogP contribution in [0.5, 0.6) is 0 Å². The summed E-state index contributed by atoms with van der Waals surface area (Å²) in [6.07, 6.45) is 12.5. The third-order valence-corrected chi connectivity index (χ3v) is 5.52. The van der Waals surface area contributed by atoms with E-state index in [2.05, 4.69) is 39.0 Å². The second-order valence-corrected chi connectivity index (χ2v) is 7.33. The van der Waals surface area contributed by atoms with Crippen LogP contribution in [0.3, 0.4) is 0 Å². The van der Waals surface area contributed by atoms with Crippen LogP contribution in [0.1, 0.15) is 57.2 Å². The number of nitrogens with zero attached hydrogens (tertiary/aromatic N) is 4. The summed E-state index contributed by atoms with van der Waals surface area (Å²) in [5.41, 5.74) is 0. The van der Waals surface area contributed by atoms with Gasteiger partial charge in [0.05, 0.1) is 6.54 Å². The van der Waals surface area contributed by atoms with Gasteiger partial charge in [-0.05, 0) is 64.1 Å². The molecule has 2 unspecified atom stereocenters. The number of aryl methyl sites for hydroxylation is 1. The Balaban J connectivity index is 1.50. The molecule has 1 aromatic heterocycles. The highest BCUT2D eigenvalue weighted by Crippen LogP contribution is 2.23. The summed E-state index contributed by atoms with van der Waals surface area (Å²) in [5, 5.41) is 4.07. The van der Waals surface area contributed by atoms with Gasteiger partial charge in [-0.15, -0.1) is 0 Å². The fourth-order valence-corrected chi connectivity index (χ4v) is 4.16. The van der Waals surface area contributed by atoms with Crippen molar-refractivity contribution < 1.29 is 4.52 Å². The van der Waals surface area contributed by atoms with Crippen LogP contribution in [0.15, 0.2) is 16.7 Å². The van der Waals surface area contributed by atoms with E-state index in [4.69, 9.17) is 4.52 Å². The lowest BCUT2D eigenvalue weighted by atomic mass is 9.94. The first-order valence-corrected chi connectivity index (χ1v) is 9.65. The molecule has 2 heterocycles. The van der Waals surface area contributed by atoms with Crippen molar-refractivity contribution in [1.82, 2.24) is 19.9 Å². The van der Waals surface area contributed by atoms with Crippen molar-refractivity contribution in [2.24, 2.45) is 5.92 Å². The highest BCUT2D eigenvalue weighted by atomic mass is 16.5. The number of allylic oxidation sites excluding steroid dienone is 2. The minimum absolute atomic E-state index is 0.644. The van der Waals surface area contributed by atoms with E-state index in [1.54, 1.807) is 0 Å². The number of hydrogen-bond acceptors (Lipinski definition) is 5. The highest BCUT2D eigenvalue weighted by Gasteiger charge is 2.24. The fraction of sp³-hybridized carbons (Fsp3) is 0.789. The number of likely N-dealkylation sites (tertiary alicyclic amines) is 1. The topological polar surface area (TPSA) is 45.4 Å². The lowest BCUT2D eigenvalue weighted by Gasteiger charge is -2.29. The summed E-state index contributed by atoms with van der Waals surface area (Å²) < 4.78 is 5.12. The van der Waals surface area contributed by atoms with Crippen molar-refractivity contribution in [2.75, 3.05) is 26.2 Å². The molecule has 0 radical (unpaired) electrons. The molecule has 134 valence electrons. The lowest BCUT2D eigenvalue weighted by Crippen LogP contribution is -2.36. The van der Waals surface area contributed by atoms with Gasteiger partial charge >= 0.3 is 0 Å². The van der Waals surface area contributed by atoms with Crippen molar-refractivity contribution >= 4 is 0 Å². The number of aromatic nitrogens is 2. The molecule has 1 fully saturated rings. The van der Waals surface area contributed by atoms with Crippen LogP contribution in [0.25, 0.3) is 0 Å². The van der Waals surface area contributed by atoms with Crippen LogP contribution in [0.2, 0.25) is 0 Å². The third kappa shape index (κ3) is 4.90. The molecule has 2 atom stereocenters. The molecule has 0 spiro atoms. The molecule has 5 heteroatoms. The molecule has 0 saturated carbocycles. The number of rotatable bonds is 6. The number of hydrogen-bond donors (Lipinski definition) is 0. The molecule has 3 rings (SSSR count). The summed E-state index contributed by atoms with van der Waals surface area (Å²) in [5.74, 6) is 2.36. The Labute approximate surface area is 146 Å². The minimum Gasteiger partial charge on any atom is -0.340 e. The standard InChI is InChI=1S/C19H32N4O/c1-3-23(15-19-20-16(2)24-21-19)18-10-7-12-22(13-11-18)14-17-8-5-4-6-9-17/h4-5,17-18H,3,6-15H2,1-2H3. The highest BCUT2D eigenvalue weighted by molar-refractivity contribution is 4.91. The SMILES string of the molecule is CCN(Cc1noc(C)n1)C1CCCN(CC2CC=CCC2)CC1. The van der Waals surface area contributed by atoms with E-state index < -0.39 is 0 Å². The Bertz CT molecular complexity index is 527. The van der Waals surface area contributed by atoms with Gasteiger partial charge in [-0.2, -0.15) is 4.98 Å². The molecule has 0 bridgehead atoms. The molecule has 0 N–H and O–H groups in total. The Kier molecular flexibility index (Phi) is 6.44. The Morgan fingerprint density at radius 2 is 2.17 bits per heavy atom. The largest absolute Gasteiger partial charge is 0.340 e. The van der Waals surface area contributed by atoms with Gasteiger partial charge in [-0.3, -0.25) is 4.90 Å². The molecular weight excluding hydrogens is 300 g/mol. The molecule has 0 aromatic carbocycles. The van der Waals surface area contributed by atoms with E-state index in [1.807, 2.05) is 6.92 Å². The maximum atomic E-state index is 5.12. The molecule has 0 amide bonds. The zero-order valence-corrected chi connectivity index (χ0v) is 15.3. The van der Waals surface area contributed by atoms with E-state index in [0.29, 0.717) is 11.9 Å². The van der Waals surface area contributed by atoms with Crippen molar-refractivity contribution in [2.45, 2.75) is 65.0 Å². The second-order valence-electron chi connectivity index (χ2n) is 7.33. The predicted molar refractivity (Wildman–Crippen MR) is 95.7 cm³/mol. The maximum Gasteiger partial charge on any atom is 0.223 e. The second kappa shape index (κ2) is 8.77. The van der Waals surface area contributed by atoms with Crippen LogP contribution in [0, 0.1) is 12.8 Å². The summed E-state index contributed by atoms with van der Waals surface area (Å²) >= 11 is 0. The summed E-state index contributed by atoms with van der Waals surface area (Å²) in [4.78, 5) is 9.60. The minimum atomic E-state index is 0.644. The monoisotopic (exact) mass is 332 g/mol. The molecule has 1 aliphatic carbocycles. The van der Waals surface area contributed by atoms with Gasteiger partial charge in [0.1, 0.15) is 0 Å². The van der Waals surface area contributed by atoms with Gasteiger partial charge in [0.15, 0.2) is 5.82 Å². The van der Waals surface area contributed by atoms with Crippen LogP contribution >= 0.6 is 0 Å². The van der Waals surface area contributed by atoms with Gasteiger partial charge in [-0.25, -0.2) is 0 Å². The quantitative estimate of drug-likeness (QED) is 0.747. The maximum absolute atomic E-state index is 5.12. The summed E-state index contributed by atoms with van der Waals surface area (Å²) in [6.45, 7) is 9.73. The van der Waals surface area contributed by atoms with Crippen molar-refractivity contribution in [3.05, 3.63) is 23.9 Å². The summed E-state index contributed by atoms with van der Waals surface area (Å²) in [6, 6.07) is 0.644. The molecule has 1 aliphatic heterocycles. The van der Waals surface area contributed by atoms with Gasteiger partial charge in [0, 0.05) is 19.5 Å². The molecule has 24 heavy (non-hydrogen) atoms. The first kappa shape index (κ1) is 17.6. The Morgan fingerprint density at radius 3 is 2.88 bits per heavy atom. The van der Waals surface area contributed by atoms with E-state index in [-0.39, 0.29) is 0 Å². The first-order chi connectivity index (χ1) is 11.7. The fourth-order valence-electron chi connectivity index (χ4n) is 4.16. The molecule has 2 aliphatic rings. The summed E-state index contributed by atoms with van der Waals surface area (Å²) in [7, 11) is 0. The predicted octanol–water partition coefficient (Wildman–Crippen LogP) is 3.41. The molecule has 1 saturated heterocycles. The van der Waals surface area contributed by atoms with Crippen LogP contribution < -0.4 is 0 Å². The van der Waals surface area contributed by atoms with Gasteiger partial charge in [0.25, 0.3) is 0 Å². The molecule has 1 aromatic rings. The zero-order valence-electron chi connectivity index (χ0n) is 15.3. The molecular formula is C19H32N4O. The van der Waals surface area contributed by atoms with Crippen molar-refractivity contribution in [3.8, 4) is 0 Å². The van der Waals surface area contributed by atoms with E-state index >= 15 is 0 Å². The normalized spacial score (nSPS) is 26.0. The Hall–Kier alpha value is -1.20. The molecule has 5 nitrogen and oxygen atoms in total. The Morgan fingerprint density at radius 1 is 1.25 bits per heavy atom. The lowest BCUT2D eigenvalue weighted by molar-refractivity contribution is 0.168. The zero-order chi connectivity index (χ0) is 16.8. The average molecular weight is 332 g/mol. The van der Waals surface area contributed by atoms with Crippen LogP contribution in [-0.4, -0.2) is 52.2 Å². The van der Waals surface area contributed by atoms with Crippen LogP contribution in [0.4, 0.5) is 0 Å². The van der Waals surface area contributed by atoms with Gasteiger partial charge in [-0.1, -0.05) is 24.2 Å². The van der Waals surface area contributed by atoms with Crippen LogP contribution in [-0.2, 0) is 6.54 Å². The van der Waals surface area contributed by atoms with E-state index in [9.17, 15) is 0 Å². The van der Waals surface area contributed by atoms with Crippen molar-refractivity contribution in [1.29, 1.82) is 0 Å². The van der Waals surface area contributed by atoms with E-state index in [0.717, 1.165) is 24.8 Å². The average Bonchev–Trinajstić information content (AvgIpc) is 2.87. The van der Waals surface area contributed by atoms with Crippen molar-refractivity contribution in [3.63, 3.8) is 0 Å². The first-order valence-electron chi connectivity index (χ1n) is 9.65.